The number of aromatic nitrogens is 6. The van der Waals surface area contributed by atoms with E-state index in [2.05, 4.69) is 93.5 Å². The predicted molar refractivity (Wildman–Crippen MR) is 230 cm³/mol. The number of methoxy groups -OCH3 is 2. The SMILES string of the molecule is COC(=O)COc1c(Cc2cc(C(C)(C)CC(C)(C)C)cc(-n3nc4ccccc4n3)c2OCC(=O)OC)cc(C(C)(C)CC(C)(C)C)cc1-n1nc2ccccc2n1. The zero-order valence-electron chi connectivity index (χ0n) is 36.6. The van der Waals surface area contributed by atoms with Crippen molar-refractivity contribution in [2.75, 3.05) is 27.4 Å². The van der Waals surface area contributed by atoms with Gasteiger partial charge in [0.25, 0.3) is 0 Å². The Balaban J connectivity index is 1.67. The molecular weight excluding hydrogens is 745 g/mol. The van der Waals surface area contributed by atoms with Crippen LogP contribution in [0.25, 0.3) is 33.4 Å². The number of benzene rings is 4. The Morgan fingerprint density at radius 2 is 0.847 bits per heavy atom. The van der Waals surface area contributed by atoms with Gasteiger partial charge in [0.15, 0.2) is 24.7 Å². The molecule has 6 rings (SSSR count). The van der Waals surface area contributed by atoms with Crippen LogP contribution in [0.4, 0.5) is 0 Å². The highest BCUT2D eigenvalue weighted by Crippen LogP contribution is 2.44. The van der Waals surface area contributed by atoms with Gasteiger partial charge < -0.3 is 18.9 Å². The summed E-state index contributed by atoms with van der Waals surface area (Å²) in [5.74, 6) is -0.253. The minimum atomic E-state index is -0.537. The molecule has 0 bridgehead atoms. The molecule has 0 aliphatic rings. The van der Waals surface area contributed by atoms with E-state index in [9.17, 15) is 9.59 Å². The number of hydrogen-bond acceptors (Lipinski definition) is 10. The largest absolute Gasteiger partial charge is 0.479 e. The van der Waals surface area contributed by atoms with Gasteiger partial charge in [-0.1, -0.05) is 106 Å². The van der Waals surface area contributed by atoms with Gasteiger partial charge in [-0.15, -0.1) is 30.0 Å². The Bertz CT molecular complexity index is 2250. The van der Waals surface area contributed by atoms with E-state index >= 15 is 0 Å². The molecule has 12 heteroatoms. The third-order valence-corrected chi connectivity index (χ3v) is 10.3. The van der Waals surface area contributed by atoms with Gasteiger partial charge >= 0.3 is 11.9 Å². The van der Waals surface area contributed by atoms with Crippen LogP contribution >= 0.6 is 0 Å². The topological polar surface area (TPSA) is 132 Å². The standard InChI is InChI=1S/C47H58N6O6/c1-44(2,3)28-46(7,8)32-22-30(42(58-26-40(54)56-11)38(24-32)52-48-34-17-13-14-18-35(34)49-52)21-31-23-33(47(9,10)29-45(4,5)6)25-39(43(31)59-27-41(55)57-12)53-50-36-19-15-16-20-37(36)51-53/h13-20,22-25H,21,26-29H2,1-12H3. The van der Waals surface area contributed by atoms with Gasteiger partial charge in [0.1, 0.15) is 33.4 Å². The van der Waals surface area contributed by atoms with Crippen molar-refractivity contribution in [1.82, 2.24) is 30.0 Å². The molecule has 0 saturated carbocycles. The lowest BCUT2D eigenvalue weighted by Crippen LogP contribution is -2.26. The monoisotopic (exact) mass is 802 g/mol. The van der Waals surface area contributed by atoms with Gasteiger partial charge in [-0.25, -0.2) is 9.59 Å². The van der Waals surface area contributed by atoms with Crippen LogP contribution in [-0.4, -0.2) is 69.4 Å². The average molecular weight is 803 g/mol. The Morgan fingerprint density at radius 3 is 1.14 bits per heavy atom. The highest BCUT2D eigenvalue weighted by molar-refractivity contribution is 5.76. The highest BCUT2D eigenvalue weighted by atomic mass is 16.6. The summed E-state index contributed by atoms with van der Waals surface area (Å²) in [6.07, 6.45) is 1.98. The molecule has 6 aromatic rings. The van der Waals surface area contributed by atoms with Crippen LogP contribution in [0.15, 0.2) is 72.8 Å². The number of rotatable bonds is 14. The molecule has 0 N–H and O–H groups in total. The molecule has 2 aromatic heterocycles. The van der Waals surface area contributed by atoms with Gasteiger partial charge in [-0.05, 0) is 82.0 Å². The lowest BCUT2D eigenvalue weighted by atomic mass is 9.71. The van der Waals surface area contributed by atoms with Gasteiger partial charge in [0.2, 0.25) is 0 Å². The second-order valence-corrected chi connectivity index (χ2v) is 19.1. The van der Waals surface area contributed by atoms with E-state index in [0.29, 0.717) is 44.9 Å². The third-order valence-electron chi connectivity index (χ3n) is 10.3. The molecule has 0 aliphatic carbocycles. The van der Waals surface area contributed by atoms with E-state index in [-0.39, 0.29) is 41.3 Å². The zero-order valence-corrected chi connectivity index (χ0v) is 36.6. The average Bonchev–Trinajstić information content (AvgIpc) is 3.79. The lowest BCUT2D eigenvalue weighted by molar-refractivity contribution is -0.143. The smallest absolute Gasteiger partial charge is 0.343 e. The summed E-state index contributed by atoms with van der Waals surface area (Å²) in [7, 11) is 2.66. The van der Waals surface area contributed by atoms with E-state index in [1.165, 1.54) is 14.2 Å². The van der Waals surface area contributed by atoms with Crippen molar-refractivity contribution in [1.29, 1.82) is 0 Å². The molecule has 0 atom stereocenters. The van der Waals surface area contributed by atoms with Crippen LogP contribution in [0, 0.1) is 10.8 Å². The minimum Gasteiger partial charge on any atom is -0.479 e. The summed E-state index contributed by atoms with van der Waals surface area (Å²) in [5.41, 5.74) is 6.92. The predicted octanol–water partition coefficient (Wildman–Crippen LogP) is 9.28. The molecule has 0 saturated heterocycles. The number of carbonyl (C=O) groups is 2. The third kappa shape index (κ3) is 10.1. The Hall–Kier alpha value is -5.78. The first-order chi connectivity index (χ1) is 27.7. The first-order valence-corrected chi connectivity index (χ1v) is 20.1. The van der Waals surface area contributed by atoms with E-state index in [1.54, 1.807) is 9.59 Å². The molecule has 4 aromatic carbocycles. The molecule has 0 amide bonds. The van der Waals surface area contributed by atoms with Crippen molar-refractivity contribution in [2.45, 2.75) is 99.3 Å². The molecule has 12 nitrogen and oxygen atoms in total. The van der Waals surface area contributed by atoms with Crippen LogP contribution in [-0.2, 0) is 36.3 Å². The molecule has 0 fully saturated rings. The summed E-state index contributed by atoms with van der Waals surface area (Å²) in [6.45, 7) is 21.6. The van der Waals surface area contributed by atoms with Gasteiger partial charge in [-0.3, -0.25) is 0 Å². The van der Waals surface area contributed by atoms with E-state index in [4.69, 9.17) is 39.3 Å². The second kappa shape index (κ2) is 16.5. The molecule has 0 spiro atoms. The van der Waals surface area contributed by atoms with Gasteiger partial charge in [0, 0.05) is 17.5 Å². The summed E-state index contributed by atoms with van der Waals surface area (Å²) in [5, 5.41) is 19.5. The van der Waals surface area contributed by atoms with Gasteiger partial charge in [-0.2, -0.15) is 0 Å². The summed E-state index contributed by atoms with van der Waals surface area (Å²) < 4.78 is 23.0. The van der Waals surface area contributed by atoms with Crippen LogP contribution in [0.2, 0.25) is 0 Å². The van der Waals surface area contributed by atoms with Gasteiger partial charge in [0.05, 0.1) is 14.2 Å². The summed E-state index contributed by atoms with van der Waals surface area (Å²) in [6, 6.07) is 23.7. The van der Waals surface area contributed by atoms with Crippen molar-refractivity contribution in [3.8, 4) is 22.9 Å². The number of carbonyl (C=O) groups excluding carboxylic acids is 2. The maximum absolute atomic E-state index is 12.7. The number of ether oxygens (including phenoxy) is 4. The lowest BCUT2D eigenvalue weighted by Gasteiger charge is -2.34. The number of esters is 2. The molecular formula is C47H58N6O6. The maximum Gasteiger partial charge on any atom is 0.343 e. The van der Waals surface area contributed by atoms with Crippen molar-refractivity contribution >= 4 is 34.0 Å². The molecule has 312 valence electrons. The van der Waals surface area contributed by atoms with E-state index in [1.807, 2.05) is 48.5 Å². The van der Waals surface area contributed by atoms with E-state index in [0.717, 1.165) is 35.1 Å². The first-order valence-electron chi connectivity index (χ1n) is 20.1. The van der Waals surface area contributed by atoms with Crippen LogP contribution in [0.5, 0.6) is 11.5 Å². The number of hydrogen-bond donors (Lipinski definition) is 0. The number of fused-ring (bicyclic) bond motifs is 2. The molecule has 0 unspecified atom stereocenters. The van der Waals surface area contributed by atoms with Crippen LogP contribution in [0.1, 0.15) is 104 Å². The first kappa shape index (κ1) is 42.8. The van der Waals surface area contributed by atoms with Crippen molar-refractivity contribution in [2.24, 2.45) is 10.8 Å². The highest BCUT2D eigenvalue weighted by Gasteiger charge is 2.33. The summed E-state index contributed by atoms with van der Waals surface area (Å²) >= 11 is 0. The molecule has 2 heterocycles. The molecule has 59 heavy (non-hydrogen) atoms. The Morgan fingerprint density at radius 1 is 0.525 bits per heavy atom. The molecule has 0 aliphatic heterocycles. The maximum atomic E-state index is 12.7. The fraction of sp³-hybridized carbons (Fsp3) is 0.447. The Labute approximate surface area is 347 Å². The quantitative estimate of drug-likeness (QED) is 0.0982. The number of nitrogens with zero attached hydrogens (tertiary/aromatic N) is 6. The normalized spacial score (nSPS) is 12.5. The fourth-order valence-corrected chi connectivity index (χ4v) is 8.39. The van der Waals surface area contributed by atoms with Crippen molar-refractivity contribution in [3.05, 3.63) is 95.1 Å². The molecule has 0 radical (unpaired) electrons. The fourth-order valence-electron chi connectivity index (χ4n) is 8.39. The van der Waals surface area contributed by atoms with Crippen LogP contribution < -0.4 is 9.47 Å². The zero-order chi connectivity index (χ0) is 42.9. The summed E-state index contributed by atoms with van der Waals surface area (Å²) in [4.78, 5) is 28.6. The van der Waals surface area contributed by atoms with E-state index < -0.39 is 11.9 Å². The van der Waals surface area contributed by atoms with Crippen LogP contribution in [0.3, 0.4) is 0 Å². The second-order valence-electron chi connectivity index (χ2n) is 19.1. The minimum absolute atomic E-state index is 0.000413. The van der Waals surface area contributed by atoms with Crippen molar-refractivity contribution in [3.63, 3.8) is 0 Å². The Kier molecular flexibility index (Phi) is 11.9. The van der Waals surface area contributed by atoms with Crippen molar-refractivity contribution < 1.29 is 28.5 Å².